The van der Waals surface area contributed by atoms with Gasteiger partial charge in [0.25, 0.3) is 0 Å². The van der Waals surface area contributed by atoms with Gasteiger partial charge in [-0.3, -0.25) is 0 Å². The molecule has 166 valence electrons. The molecule has 0 aliphatic rings. The molecule has 0 amide bonds. The van der Waals surface area contributed by atoms with E-state index in [4.69, 9.17) is 14.0 Å². The molecule has 5 heteroatoms. The van der Waals surface area contributed by atoms with Gasteiger partial charge in [-0.1, -0.05) is 104 Å². The van der Waals surface area contributed by atoms with Crippen LogP contribution in [0.5, 0.6) is 0 Å². The van der Waals surface area contributed by atoms with E-state index >= 15 is 0 Å². The molecule has 27 heavy (non-hydrogen) atoms. The molecule has 0 rings (SSSR count). The summed E-state index contributed by atoms with van der Waals surface area (Å²) < 4.78 is 25.2. The van der Waals surface area contributed by atoms with Crippen molar-refractivity contribution in [1.82, 2.24) is 0 Å². The van der Waals surface area contributed by atoms with E-state index < -0.39 is 10.8 Å². The Labute approximate surface area is 172 Å². The van der Waals surface area contributed by atoms with Gasteiger partial charge < -0.3 is 19.3 Å². The van der Waals surface area contributed by atoms with Crippen LogP contribution < -0.4 is 19.3 Å². The van der Waals surface area contributed by atoms with Crippen LogP contribution in [0.1, 0.15) is 129 Å². The van der Waals surface area contributed by atoms with Gasteiger partial charge in [0.1, 0.15) is 0 Å². The molecular weight excluding hydrogens is 362 g/mol. The molecule has 2 N–H and O–H groups in total. The highest BCUT2D eigenvalue weighted by Gasteiger charge is 1.95. The maximum atomic E-state index is 8.41. The van der Waals surface area contributed by atoms with Crippen LogP contribution in [0.4, 0.5) is 0 Å². The summed E-state index contributed by atoms with van der Waals surface area (Å²) in [6.07, 6.45) is 26.1. The van der Waals surface area contributed by atoms with Crippen molar-refractivity contribution in [1.29, 1.82) is 0 Å². The second-order valence-corrected chi connectivity index (χ2v) is 8.09. The summed E-state index contributed by atoms with van der Waals surface area (Å²) in [5, 5.41) is 2.56. The van der Waals surface area contributed by atoms with Crippen LogP contribution in [-0.2, 0) is 0 Å². The first-order chi connectivity index (χ1) is 13.1. The van der Waals surface area contributed by atoms with E-state index in [9.17, 15) is 0 Å². The number of unbranched alkanes of at least 4 members (excludes halogenated alkanes) is 16. The van der Waals surface area contributed by atoms with Gasteiger partial charge in [-0.2, -0.15) is 0 Å². The van der Waals surface area contributed by atoms with Gasteiger partial charge in [-0.05, 0) is 25.7 Å². The van der Waals surface area contributed by atoms with E-state index in [2.05, 4.69) is 19.2 Å². The first kappa shape index (κ1) is 29.3. The van der Waals surface area contributed by atoms with Gasteiger partial charge in [0.15, 0.2) is 0 Å². The average molecular weight is 410 g/mol. The summed E-state index contributed by atoms with van der Waals surface area (Å²) in [7, 11) is -2.85. The molecule has 0 radical (unpaired) electrons. The highest BCUT2D eigenvalue weighted by molar-refractivity contribution is 4.47. The van der Waals surface area contributed by atoms with E-state index in [1.54, 1.807) is 0 Å². The Morgan fingerprint density at radius 2 is 0.667 bits per heavy atom. The third kappa shape index (κ3) is 37.5. The maximum Gasteiger partial charge on any atom is 0.0755 e. The molecule has 0 bridgehead atoms. The van der Waals surface area contributed by atoms with E-state index in [0.29, 0.717) is 0 Å². The zero-order chi connectivity index (χ0) is 20.4. The number of hydrogen-bond acceptors (Lipinski definition) is 3. The molecule has 0 atom stereocenters. The van der Waals surface area contributed by atoms with Crippen LogP contribution in [0.2, 0.25) is 0 Å². The van der Waals surface area contributed by atoms with E-state index in [0.717, 1.165) is 0 Å². The molecule has 4 nitrogen and oxygen atoms in total. The molecule has 0 spiro atoms. The minimum absolute atomic E-state index is 1.37. The standard InChI is InChI=1S/C22H47N.ClO3/c1-3-5-7-9-11-13-15-17-19-21-23-22-20-18-16-14-12-10-8-6-4-2;2-1(3)4/h23H,3-22H2,1-2H3;/q;-1/p+1. The lowest BCUT2D eigenvalue weighted by atomic mass is 10.1. The molecule has 0 aliphatic heterocycles. The molecule has 0 saturated heterocycles. The van der Waals surface area contributed by atoms with Crippen molar-refractivity contribution in [3.63, 3.8) is 0 Å². The monoisotopic (exact) mass is 409 g/mol. The fraction of sp³-hybridized carbons (Fsp3) is 1.00. The van der Waals surface area contributed by atoms with Gasteiger partial charge in [0.05, 0.1) is 23.9 Å². The number of halogens is 1. The van der Waals surface area contributed by atoms with Gasteiger partial charge in [-0.15, -0.1) is 0 Å². The summed E-state index contributed by atoms with van der Waals surface area (Å²) in [5.41, 5.74) is 0. The predicted octanol–water partition coefficient (Wildman–Crippen LogP) is 3.04. The van der Waals surface area contributed by atoms with E-state index in [1.165, 1.54) is 129 Å². The van der Waals surface area contributed by atoms with Crippen molar-refractivity contribution in [3.8, 4) is 0 Å². The molecule has 0 fully saturated rings. The second kappa shape index (κ2) is 28.3. The van der Waals surface area contributed by atoms with Crippen molar-refractivity contribution in [2.24, 2.45) is 0 Å². The Morgan fingerprint density at radius 1 is 0.444 bits per heavy atom. The van der Waals surface area contributed by atoms with Crippen LogP contribution in [0.3, 0.4) is 0 Å². The van der Waals surface area contributed by atoms with E-state index in [1.807, 2.05) is 0 Å². The molecule has 0 aromatic rings. The number of nitrogens with two attached hydrogens (primary N) is 1. The lowest BCUT2D eigenvalue weighted by Crippen LogP contribution is -2.84. The molecule has 0 aromatic heterocycles. The van der Waals surface area contributed by atoms with Gasteiger partial charge in [0, 0.05) is 0 Å². The molecule has 0 aliphatic carbocycles. The zero-order valence-electron chi connectivity index (χ0n) is 18.3. The minimum Gasteiger partial charge on any atom is -0.357 e. The Kier molecular flexibility index (Phi) is 30.8. The van der Waals surface area contributed by atoms with Crippen LogP contribution in [-0.4, -0.2) is 13.1 Å². The molecule has 0 heterocycles. The van der Waals surface area contributed by atoms with Crippen LogP contribution in [0, 0.1) is 10.8 Å². The smallest absolute Gasteiger partial charge is 0.0755 e. The molecule has 0 unspecified atom stereocenters. The quantitative estimate of drug-likeness (QED) is 0.313. The lowest BCUT2D eigenvalue weighted by Gasteiger charge is -2.03. The number of hydrogen-bond donors (Lipinski definition) is 1. The molecule has 0 saturated carbocycles. The number of rotatable bonds is 20. The molecular formula is C22H48ClNO3. The third-order valence-corrected chi connectivity index (χ3v) is 5.02. The largest absolute Gasteiger partial charge is 0.357 e. The molecule has 0 aromatic carbocycles. The summed E-state index contributed by atoms with van der Waals surface area (Å²) in [6, 6.07) is 0. The third-order valence-electron chi connectivity index (χ3n) is 5.02. The zero-order valence-corrected chi connectivity index (χ0v) is 19.1. The summed E-state index contributed by atoms with van der Waals surface area (Å²) in [4.78, 5) is 0. The highest BCUT2D eigenvalue weighted by atomic mass is 35.6. The Morgan fingerprint density at radius 3 is 0.926 bits per heavy atom. The fourth-order valence-corrected chi connectivity index (χ4v) is 3.34. The van der Waals surface area contributed by atoms with Crippen molar-refractivity contribution in [3.05, 3.63) is 0 Å². The van der Waals surface area contributed by atoms with Crippen LogP contribution >= 0.6 is 0 Å². The van der Waals surface area contributed by atoms with Crippen molar-refractivity contribution in [2.75, 3.05) is 13.1 Å². The first-order valence-corrected chi connectivity index (χ1v) is 12.6. The van der Waals surface area contributed by atoms with Crippen molar-refractivity contribution in [2.45, 2.75) is 129 Å². The normalized spacial score (nSPS) is 10.9. The Balaban J connectivity index is 0. The number of quaternary nitrogens is 1. The summed E-state index contributed by atoms with van der Waals surface area (Å²) in [5.74, 6) is 0. The topological polar surface area (TPSA) is 85.8 Å². The summed E-state index contributed by atoms with van der Waals surface area (Å²) >= 11 is 0. The SMILES string of the molecule is CCCCCCCCCCC[NH2+]CCCCCCCCCCC.[O-][Cl+2]([O-])[O-]. The minimum atomic E-state index is -2.85. The van der Waals surface area contributed by atoms with Gasteiger partial charge in [0.2, 0.25) is 0 Å². The summed E-state index contributed by atoms with van der Waals surface area (Å²) in [6.45, 7) is 7.33. The van der Waals surface area contributed by atoms with Crippen LogP contribution in [0.25, 0.3) is 0 Å². The average Bonchev–Trinajstić information content (AvgIpc) is 2.63. The highest BCUT2D eigenvalue weighted by Crippen LogP contribution is 2.09. The lowest BCUT2D eigenvalue weighted by molar-refractivity contribution is -1.73. The fourth-order valence-electron chi connectivity index (χ4n) is 3.34. The maximum absolute atomic E-state index is 8.41. The van der Waals surface area contributed by atoms with Gasteiger partial charge >= 0.3 is 0 Å². The van der Waals surface area contributed by atoms with Gasteiger partial charge in [-0.25, -0.2) is 0 Å². The second-order valence-electron chi connectivity index (χ2n) is 7.71. The first-order valence-electron chi connectivity index (χ1n) is 11.7. The Bertz CT molecular complexity index is 221. The Hall–Kier alpha value is 0.130. The van der Waals surface area contributed by atoms with Crippen molar-refractivity contribution < 1.29 is 30.1 Å². The van der Waals surface area contributed by atoms with Crippen molar-refractivity contribution >= 4 is 0 Å². The van der Waals surface area contributed by atoms with E-state index in [-0.39, 0.29) is 0 Å². The van der Waals surface area contributed by atoms with Crippen LogP contribution in [0.15, 0.2) is 0 Å². The predicted molar refractivity (Wildman–Crippen MR) is 106 cm³/mol.